The average Bonchev–Trinajstić information content (AvgIpc) is 2.80. The largest absolute Gasteiger partial charge is 0.424 e. The van der Waals surface area contributed by atoms with Crippen molar-refractivity contribution in [3.05, 3.63) is 91.1 Å². The van der Waals surface area contributed by atoms with E-state index in [9.17, 15) is 22.8 Å². The fraction of sp³-hybridized carbons (Fsp3) is 0.0833. The van der Waals surface area contributed by atoms with Gasteiger partial charge in [-0.05, 0) is 73.8 Å². The van der Waals surface area contributed by atoms with Gasteiger partial charge in [-0.3, -0.25) is 9.59 Å². The number of hydrogen-bond donors (Lipinski definition) is 0. The van der Waals surface area contributed by atoms with Gasteiger partial charge in [0.25, 0.3) is 5.56 Å². The number of fused-ring (bicyclic) bond motifs is 1. The van der Waals surface area contributed by atoms with Crippen molar-refractivity contribution in [2.45, 2.75) is 13.1 Å². The van der Waals surface area contributed by atoms with Crippen LogP contribution in [0.5, 0.6) is 5.75 Å². The zero-order valence-electron chi connectivity index (χ0n) is 17.8. The van der Waals surface area contributed by atoms with Gasteiger partial charge in [0.15, 0.2) is 11.6 Å². The van der Waals surface area contributed by atoms with Crippen molar-refractivity contribution in [1.82, 2.24) is 9.66 Å². The van der Waals surface area contributed by atoms with E-state index in [2.05, 4.69) is 41.9 Å². The van der Waals surface area contributed by atoms with Crippen LogP contribution in [-0.2, 0) is 11.0 Å². The molecule has 0 N–H and O–H groups in total. The zero-order valence-corrected chi connectivity index (χ0v) is 21.0. The Kier molecular flexibility index (Phi) is 6.91. The van der Waals surface area contributed by atoms with Crippen molar-refractivity contribution >= 4 is 54.9 Å². The molecule has 4 rings (SSSR count). The van der Waals surface area contributed by atoms with Crippen molar-refractivity contribution in [3.8, 4) is 17.1 Å². The number of carbonyl (C=O) groups excluding carboxylic acids is 1. The molecule has 0 radical (unpaired) electrons. The van der Waals surface area contributed by atoms with E-state index in [1.165, 1.54) is 25.3 Å². The maximum absolute atomic E-state index is 13.3. The van der Waals surface area contributed by atoms with Gasteiger partial charge in [-0.15, -0.1) is 0 Å². The summed E-state index contributed by atoms with van der Waals surface area (Å²) in [5.41, 5.74) is -0.509. The summed E-state index contributed by atoms with van der Waals surface area (Å²) in [6.45, 7) is 1.27. The fourth-order valence-corrected chi connectivity index (χ4v) is 4.66. The SMILES string of the molecule is CC(=O)Oc1c(Br)cc(C=Nn2c(-c3cccc(C(F)(F)F)c3)nc3ccccc3c2=O)cc1Br. The van der Waals surface area contributed by atoms with Crippen LogP contribution in [0.15, 0.2) is 79.5 Å². The number of ether oxygens (including phenoxy) is 1. The van der Waals surface area contributed by atoms with Gasteiger partial charge in [0.05, 0.1) is 31.6 Å². The summed E-state index contributed by atoms with van der Waals surface area (Å²) in [7, 11) is 0. The lowest BCUT2D eigenvalue weighted by Crippen LogP contribution is -2.20. The van der Waals surface area contributed by atoms with Gasteiger partial charge in [-0.2, -0.15) is 22.9 Å². The third-order valence-electron chi connectivity index (χ3n) is 4.79. The predicted molar refractivity (Wildman–Crippen MR) is 133 cm³/mol. The Labute approximate surface area is 213 Å². The number of para-hydroxylation sites is 1. The quantitative estimate of drug-likeness (QED) is 0.152. The maximum Gasteiger partial charge on any atom is 0.416 e. The van der Waals surface area contributed by atoms with Crippen LogP contribution < -0.4 is 10.3 Å². The number of esters is 1. The van der Waals surface area contributed by atoms with Crippen LogP contribution in [-0.4, -0.2) is 21.8 Å². The lowest BCUT2D eigenvalue weighted by Gasteiger charge is -2.12. The normalized spacial score (nSPS) is 11.8. The highest BCUT2D eigenvalue weighted by molar-refractivity contribution is 9.11. The van der Waals surface area contributed by atoms with Crippen molar-refractivity contribution in [2.24, 2.45) is 5.10 Å². The summed E-state index contributed by atoms with van der Waals surface area (Å²) in [6.07, 6.45) is -3.22. The Bertz CT molecular complexity index is 1530. The molecule has 0 aliphatic rings. The highest BCUT2D eigenvalue weighted by Gasteiger charge is 2.31. The number of hydrogen-bond acceptors (Lipinski definition) is 5. The van der Waals surface area contributed by atoms with Gasteiger partial charge < -0.3 is 4.74 Å². The summed E-state index contributed by atoms with van der Waals surface area (Å²) in [4.78, 5) is 29.0. The highest BCUT2D eigenvalue weighted by Crippen LogP contribution is 2.35. The Morgan fingerprint density at radius 2 is 1.74 bits per heavy atom. The fourth-order valence-electron chi connectivity index (χ4n) is 3.27. The molecule has 178 valence electrons. The van der Waals surface area contributed by atoms with Crippen LogP contribution in [0.4, 0.5) is 13.2 Å². The maximum atomic E-state index is 13.3. The van der Waals surface area contributed by atoms with Crippen molar-refractivity contribution < 1.29 is 22.7 Å². The molecule has 3 aromatic carbocycles. The average molecular weight is 609 g/mol. The third kappa shape index (κ3) is 5.35. The molecule has 11 heteroatoms. The van der Waals surface area contributed by atoms with Gasteiger partial charge in [-0.25, -0.2) is 4.98 Å². The van der Waals surface area contributed by atoms with Crippen LogP contribution in [0, 0.1) is 0 Å². The van der Waals surface area contributed by atoms with E-state index in [-0.39, 0.29) is 22.5 Å². The first-order valence-electron chi connectivity index (χ1n) is 9.96. The molecular weight excluding hydrogens is 595 g/mol. The molecule has 0 spiro atoms. The standard InChI is InChI=1S/C24H14Br2F3N3O3/c1-13(33)35-21-18(25)9-14(10-19(21)26)12-30-32-22(15-5-4-6-16(11-15)24(27,28)29)31-20-8-3-2-7-17(20)23(32)34/h2-12H,1H3. The Balaban J connectivity index is 1.88. The Morgan fingerprint density at radius 3 is 2.40 bits per heavy atom. The van der Waals surface area contributed by atoms with Crippen LogP contribution in [0.1, 0.15) is 18.1 Å². The first-order valence-corrected chi connectivity index (χ1v) is 11.5. The summed E-state index contributed by atoms with van der Waals surface area (Å²) in [5.74, 6) is -0.290. The summed E-state index contributed by atoms with van der Waals surface area (Å²) in [6, 6.07) is 14.3. The molecule has 4 aromatic rings. The molecule has 0 aliphatic heterocycles. The minimum atomic E-state index is -4.57. The Hall–Kier alpha value is -3.31. The van der Waals surface area contributed by atoms with Gasteiger partial charge in [0.1, 0.15) is 0 Å². The molecule has 1 aromatic heterocycles. The summed E-state index contributed by atoms with van der Waals surface area (Å²) >= 11 is 6.64. The van der Waals surface area contributed by atoms with Crippen molar-refractivity contribution in [3.63, 3.8) is 0 Å². The summed E-state index contributed by atoms with van der Waals surface area (Å²) in [5, 5.41) is 4.51. The van der Waals surface area contributed by atoms with E-state index in [1.54, 1.807) is 36.4 Å². The molecule has 6 nitrogen and oxygen atoms in total. The first kappa shape index (κ1) is 24.8. The molecule has 0 saturated carbocycles. The number of nitrogens with zero attached hydrogens (tertiary/aromatic N) is 3. The lowest BCUT2D eigenvalue weighted by molar-refractivity contribution is -0.137. The number of rotatable bonds is 4. The molecular formula is C24H14Br2F3N3O3. The van der Waals surface area contributed by atoms with Gasteiger partial charge in [0, 0.05) is 12.5 Å². The second kappa shape index (κ2) is 9.74. The zero-order chi connectivity index (χ0) is 25.3. The molecule has 35 heavy (non-hydrogen) atoms. The minimum Gasteiger partial charge on any atom is -0.424 e. The second-order valence-corrected chi connectivity index (χ2v) is 9.01. The van der Waals surface area contributed by atoms with Crippen LogP contribution >= 0.6 is 31.9 Å². The van der Waals surface area contributed by atoms with Crippen molar-refractivity contribution in [1.29, 1.82) is 0 Å². The van der Waals surface area contributed by atoms with E-state index >= 15 is 0 Å². The number of alkyl halides is 3. The predicted octanol–water partition coefficient (Wildman–Crippen LogP) is 6.41. The molecule has 1 heterocycles. The molecule has 0 aliphatic carbocycles. The molecule has 0 amide bonds. The second-order valence-electron chi connectivity index (χ2n) is 7.30. The van der Waals surface area contributed by atoms with E-state index in [0.717, 1.165) is 16.8 Å². The Morgan fingerprint density at radius 1 is 1.06 bits per heavy atom. The number of aromatic nitrogens is 2. The van der Waals surface area contributed by atoms with Crippen LogP contribution in [0.2, 0.25) is 0 Å². The molecule has 0 fully saturated rings. The molecule has 0 atom stereocenters. The van der Waals surface area contributed by atoms with E-state index in [1.807, 2.05) is 0 Å². The van der Waals surface area contributed by atoms with E-state index < -0.39 is 23.3 Å². The number of halogens is 5. The van der Waals surface area contributed by atoms with E-state index in [4.69, 9.17) is 4.74 Å². The first-order chi connectivity index (χ1) is 16.5. The topological polar surface area (TPSA) is 73.5 Å². The molecule has 0 bridgehead atoms. The lowest BCUT2D eigenvalue weighted by atomic mass is 10.1. The van der Waals surface area contributed by atoms with Gasteiger partial charge in [0.2, 0.25) is 0 Å². The van der Waals surface area contributed by atoms with Gasteiger partial charge >= 0.3 is 12.1 Å². The summed E-state index contributed by atoms with van der Waals surface area (Å²) < 4.78 is 46.9. The smallest absolute Gasteiger partial charge is 0.416 e. The molecule has 0 saturated heterocycles. The monoisotopic (exact) mass is 607 g/mol. The number of carbonyl (C=O) groups is 1. The van der Waals surface area contributed by atoms with E-state index in [0.29, 0.717) is 20.0 Å². The van der Waals surface area contributed by atoms with Crippen LogP contribution in [0.3, 0.4) is 0 Å². The minimum absolute atomic E-state index is 0.0503. The number of benzene rings is 3. The highest BCUT2D eigenvalue weighted by atomic mass is 79.9. The van der Waals surface area contributed by atoms with Crippen molar-refractivity contribution in [2.75, 3.05) is 0 Å². The van der Waals surface area contributed by atoms with Gasteiger partial charge in [-0.1, -0.05) is 24.3 Å². The van der Waals surface area contributed by atoms with Crippen LogP contribution in [0.25, 0.3) is 22.3 Å². The molecule has 0 unspecified atom stereocenters. The third-order valence-corrected chi connectivity index (χ3v) is 5.97.